The van der Waals surface area contributed by atoms with Crippen LogP contribution in [0.2, 0.25) is 0 Å². The molecule has 0 fully saturated rings. The Morgan fingerprint density at radius 2 is 1.65 bits per heavy atom. The predicted octanol–water partition coefficient (Wildman–Crippen LogP) is 3.42. The van der Waals surface area contributed by atoms with Crippen LogP contribution in [0.25, 0.3) is 6.08 Å². The van der Waals surface area contributed by atoms with Crippen molar-refractivity contribution in [2.75, 3.05) is 5.32 Å². The van der Waals surface area contributed by atoms with Crippen LogP contribution in [0.5, 0.6) is 0 Å². The lowest BCUT2D eigenvalue weighted by Gasteiger charge is -2.08. The quantitative estimate of drug-likeness (QED) is 0.514. The minimum atomic E-state index is -0.313. The van der Waals surface area contributed by atoms with E-state index in [-0.39, 0.29) is 16.8 Å². The van der Waals surface area contributed by atoms with Crippen LogP contribution < -0.4 is 10.6 Å². The zero-order chi connectivity index (χ0) is 16.7. The number of benzene rings is 2. The molecule has 4 nitrogen and oxygen atoms in total. The summed E-state index contributed by atoms with van der Waals surface area (Å²) in [6.07, 6.45) is 3.13. The van der Waals surface area contributed by atoms with Crippen LogP contribution in [0, 0.1) is 0 Å². The number of thiocarbonyl (C=S) groups is 1. The number of anilines is 1. The van der Waals surface area contributed by atoms with Crippen molar-refractivity contribution in [1.29, 1.82) is 0 Å². The van der Waals surface area contributed by atoms with Crippen LogP contribution >= 0.6 is 12.2 Å². The summed E-state index contributed by atoms with van der Waals surface area (Å²) in [5.41, 5.74) is 2.25. The summed E-state index contributed by atoms with van der Waals surface area (Å²) in [4.78, 5) is 23.0. The molecule has 2 aromatic rings. The Morgan fingerprint density at radius 1 is 1.00 bits per heavy atom. The first-order chi connectivity index (χ1) is 11.0. The Kier molecular flexibility index (Phi) is 5.77. The second kappa shape index (κ2) is 8.00. The van der Waals surface area contributed by atoms with E-state index < -0.39 is 0 Å². The first-order valence-electron chi connectivity index (χ1n) is 7.01. The van der Waals surface area contributed by atoms with E-state index in [1.165, 1.54) is 13.0 Å². The number of amides is 1. The van der Waals surface area contributed by atoms with Gasteiger partial charge in [-0.1, -0.05) is 30.3 Å². The maximum absolute atomic E-state index is 11.8. The summed E-state index contributed by atoms with van der Waals surface area (Å²) in [5.74, 6) is -0.315. The van der Waals surface area contributed by atoms with Crippen LogP contribution in [0.1, 0.15) is 22.8 Å². The maximum Gasteiger partial charge on any atom is 0.250 e. The van der Waals surface area contributed by atoms with E-state index in [2.05, 4.69) is 10.6 Å². The molecule has 0 aliphatic carbocycles. The van der Waals surface area contributed by atoms with Crippen LogP contribution in [0.15, 0.2) is 60.7 Å². The Morgan fingerprint density at radius 3 is 2.26 bits per heavy atom. The van der Waals surface area contributed by atoms with E-state index in [0.29, 0.717) is 11.3 Å². The monoisotopic (exact) mass is 324 g/mol. The first-order valence-corrected chi connectivity index (χ1v) is 7.41. The number of carbonyl (C=O) groups excluding carboxylic acids is 2. The van der Waals surface area contributed by atoms with Crippen molar-refractivity contribution in [1.82, 2.24) is 5.32 Å². The van der Waals surface area contributed by atoms with Gasteiger partial charge in [0.2, 0.25) is 5.91 Å². The summed E-state index contributed by atoms with van der Waals surface area (Å²) in [6.45, 7) is 1.51. The fourth-order valence-corrected chi connectivity index (χ4v) is 2.06. The van der Waals surface area contributed by atoms with Crippen molar-refractivity contribution in [2.45, 2.75) is 6.92 Å². The van der Waals surface area contributed by atoms with Crippen molar-refractivity contribution >= 4 is 40.8 Å². The van der Waals surface area contributed by atoms with Crippen LogP contribution in [0.4, 0.5) is 5.69 Å². The van der Waals surface area contributed by atoms with E-state index >= 15 is 0 Å². The van der Waals surface area contributed by atoms with Gasteiger partial charge < -0.3 is 5.32 Å². The van der Waals surface area contributed by atoms with E-state index in [4.69, 9.17) is 12.2 Å². The molecule has 0 aliphatic heterocycles. The number of nitrogens with one attached hydrogen (secondary N) is 2. The van der Waals surface area contributed by atoms with Gasteiger partial charge in [-0.2, -0.15) is 0 Å². The highest BCUT2D eigenvalue weighted by atomic mass is 32.1. The molecule has 0 unspecified atom stereocenters. The number of Topliss-reactive ketones (excluding diaryl/α,β-unsaturated/α-hetero) is 1. The lowest BCUT2D eigenvalue weighted by molar-refractivity contribution is -0.115. The molecule has 0 saturated heterocycles. The molecule has 5 heteroatoms. The molecule has 2 aromatic carbocycles. The van der Waals surface area contributed by atoms with Crippen LogP contribution in [0.3, 0.4) is 0 Å². The highest BCUT2D eigenvalue weighted by Crippen LogP contribution is 2.09. The van der Waals surface area contributed by atoms with Gasteiger partial charge in [-0.25, -0.2) is 0 Å². The zero-order valence-corrected chi connectivity index (χ0v) is 13.4. The molecule has 23 heavy (non-hydrogen) atoms. The Hall–Kier alpha value is -2.79. The van der Waals surface area contributed by atoms with Gasteiger partial charge in [0.25, 0.3) is 0 Å². The number of rotatable bonds is 4. The van der Waals surface area contributed by atoms with E-state index in [0.717, 1.165) is 5.56 Å². The van der Waals surface area contributed by atoms with Crippen LogP contribution in [-0.2, 0) is 4.79 Å². The van der Waals surface area contributed by atoms with Gasteiger partial charge in [0, 0.05) is 17.3 Å². The predicted molar refractivity (Wildman–Crippen MR) is 96.3 cm³/mol. The fraction of sp³-hybridized carbons (Fsp3) is 0.0556. The van der Waals surface area contributed by atoms with Gasteiger partial charge in [0.1, 0.15) is 0 Å². The molecule has 116 valence electrons. The number of hydrogen-bond acceptors (Lipinski definition) is 3. The largest absolute Gasteiger partial charge is 0.332 e. The fourth-order valence-electron chi connectivity index (χ4n) is 1.84. The van der Waals surface area contributed by atoms with Crippen molar-refractivity contribution in [2.24, 2.45) is 0 Å². The van der Waals surface area contributed by atoms with Crippen LogP contribution in [-0.4, -0.2) is 16.8 Å². The van der Waals surface area contributed by atoms with Crippen molar-refractivity contribution in [3.05, 3.63) is 71.8 Å². The lowest BCUT2D eigenvalue weighted by Crippen LogP contribution is -2.32. The third kappa shape index (κ3) is 5.48. The van der Waals surface area contributed by atoms with Crippen molar-refractivity contribution in [3.63, 3.8) is 0 Å². The topological polar surface area (TPSA) is 58.2 Å². The third-order valence-corrected chi connectivity index (χ3v) is 3.22. The molecule has 0 radical (unpaired) electrons. The molecule has 0 aromatic heterocycles. The average Bonchev–Trinajstić information content (AvgIpc) is 2.54. The summed E-state index contributed by atoms with van der Waals surface area (Å²) < 4.78 is 0. The molecule has 2 rings (SSSR count). The first kappa shape index (κ1) is 16.6. The van der Waals surface area contributed by atoms with Gasteiger partial charge in [0.05, 0.1) is 0 Å². The minimum absolute atomic E-state index is 0.00141. The standard InChI is InChI=1S/C18H16N2O2S/c1-13(21)15-8-10-16(11-9-15)19-18(23)20-17(22)12-7-14-5-3-2-4-6-14/h2-12H,1H3,(H2,19,20,22,23). The van der Waals surface area contributed by atoms with Gasteiger partial charge in [-0.3, -0.25) is 14.9 Å². The van der Waals surface area contributed by atoms with E-state index in [1.807, 2.05) is 30.3 Å². The van der Waals surface area contributed by atoms with E-state index in [9.17, 15) is 9.59 Å². The lowest BCUT2D eigenvalue weighted by atomic mass is 10.1. The molecular formula is C18H16N2O2S. The second-order valence-corrected chi connectivity index (χ2v) is 5.23. The molecule has 2 N–H and O–H groups in total. The zero-order valence-electron chi connectivity index (χ0n) is 12.6. The Balaban J connectivity index is 1.87. The van der Waals surface area contributed by atoms with Crippen molar-refractivity contribution in [3.8, 4) is 0 Å². The van der Waals surface area contributed by atoms with Gasteiger partial charge in [-0.15, -0.1) is 0 Å². The number of ketones is 1. The average molecular weight is 324 g/mol. The van der Waals surface area contributed by atoms with Gasteiger partial charge >= 0.3 is 0 Å². The second-order valence-electron chi connectivity index (χ2n) is 4.82. The highest BCUT2D eigenvalue weighted by molar-refractivity contribution is 7.80. The van der Waals surface area contributed by atoms with Gasteiger partial charge in [-0.05, 0) is 55.0 Å². The molecule has 1 amide bonds. The molecular weight excluding hydrogens is 308 g/mol. The summed E-state index contributed by atoms with van der Waals surface area (Å²) >= 11 is 5.08. The number of carbonyl (C=O) groups is 2. The molecule has 0 heterocycles. The van der Waals surface area contributed by atoms with E-state index in [1.54, 1.807) is 30.3 Å². The highest BCUT2D eigenvalue weighted by Gasteiger charge is 2.03. The number of hydrogen-bond donors (Lipinski definition) is 2. The molecule has 0 saturated carbocycles. The molecule has 0 spiro atoms. The Bertz CT molecular complexity index is 737. The van der Waals surface area contributed by atoms with Gasteiger partial charge in [0.15, 0.2) is 10.9 Å². The third-order valence-electron chi connectivity index (χ3n) is 3.01. The summed E-state index contributed by atoms with van der Waals surface area (Å²) in [7, 11) is 0. The molecule has 0 bridgehead atoms. The van der Waals surface area contributed by atoms with Crippen molar-refractivity contribution < 1.29 is 9.59 Å². The smallest absolute Gasteiger partial charge is 0.250 e. The maximum atomic E-state index is 11.8. The summed E-state index contributed by atoms with van der Waals surface area (Å²) in [6, 6.07) is 16.4. The SMILES string of the molecule is CC(=O)c1ccc(NC(=S)NC(=O)C=Cc2ccccc2)cc1. The summed E-state index contributed by atoms with van der Waals surface area (Å²) in [5, 5.41) is 5.65. The Labute approximate surface area is 140 Å². The minimum Gasteiger partial charge on any atom is -0.332 e. The molecule has 0 atom stereocenters. The molecule has 0 aliphatic rings. The normalized spacial score (nSPS) is 10.3.